The smallest absolute Gasteiger partial charge is 0.251 e. The molecule has 2 aliphatic rings. The molecule has 6 heteroatoms. The average molecular weight is 431 g/mol. The highest BCUT2D eigenvalue weighted by molar-refractivity contribution is 5.96. The van der Waals surface area contributed by atoms with Gasteiger partial charge in [0.05, 0.1) is 19.2 Å². The fourth-order valence-corrected chi connectivity index (χ4v) is 4.83. The van der Waals surface area contributed by atoms with Gasteiger partial charge in [0, 0.05) is 24.7 Å². The summed E-state index contributed by atoms with van der Waals surface area (Å²) in [6.07, 6.45) is 4.67. The molecule has 32 heavy (non-hydrogen) atoms. The maximum atomic E-state index is 12.2. The fourth-order valence-electron chi connectivity index (χ4n) is 4.83. The quantitative estimate of drug-likeness (QED) is 0.685. The number of amides is 2. The molecule has 2 aromatic carbocycles. The normalized spacial score (nSPS) is 21.2. The summed E-state index contributed by atoms with van der Waals surface area (Å²) < 4.78 is 0. The fraction of sp³-hybridized carbons (Fsp3) is 0.423. The van der Waals surface area contributed by atoms with Crippen LogP contribution in [0.1, 0.15) is 53.1 Å². The summed E-state index contributed by atoms with van der Waals surface area (Å²) >= 11 is 0. The number of carbonyl (C=O) groups is 2. The summed E-state index contributed by atoms with van der Waals surface area (Å²) in [5, 5.41) is 5.73. The van der Waals surface area contributed by atoms with E-state index >= 15 is 0 Å². The molecule has 2 amide bonds. The first-order valence-electron chi connectivity index (χ1n) is 11.4. The number of aryl methyl sites for hydroxylation is 1. The number of benzene rings is 2. The Hall–Kier alpha value is -3.17. The van der Waals surface area contributed by atoms with Crippen molar-refractivity contribution in [1.29, 1.82) is 0 Å². The van der Waals surface area contributed by atoms with Crippen molar-refractivity contribution in [1.82, 2.24) is 15.5 Å². The zero-order chi connectivity index (χ0) is 22.5. The number of hydrogen-bond donors (Lipinski definition) is 2. The molecule has 0 radical (unpaired) electrons. The number of carbonyl (C=O) groups excluding carboxylic acids is 2. The van der Waals surface area contributed by atoms with Gasteiger partial charge < -0.3 is 10.6 Å². The zero-order valence-electron chi connectivity index (χ0n) is 18.5. The molecule has 6 nitrogen and oxygen atoms in total. The molecule has 0 atom stereocenters. The molecule has 2 fully saturated rings. The molecule has 0 aromatic heterocycles. The van der Waals surface area contributed by atoms with E-state index in [1.165, 1.54) is 31.2 Å². The predicted octanol–water partition coefficient (Wildman–Crippen LogP) is 3.80. The molecule has 1 saturated carbocycles. The van der Waals surface area contributed by atoms with Crippen LogP contribution in [0.5, 0.6) is 0 Å². The molecule has 1 saturated heterocycles. The summed E-state index contributed by atoms with van der Waals surface area (Å²) in [5.41, 5.74) is 3.64. The minimum atomic E-state index is -0.223. The van der Waals surface area contributed by atoms with E-state index in [1.54, 1.807) is 6.07 Å². The molecule has 2 aromatic rings. The van der Waals surface area contributed by atoms with Gasteiger partial charge in [0.1, 0.15) is 0 Å². The van der Waals surface area contributed by atoms with Crippen molar-refractivity contribution >= 4 is 17.5 Å². The highest BCUT2D eigenvalue weighted by atomic mass is 16.2. The highest BCUT2D eigenvalue weighted by Gasteiger charge is 2.35. The second kappa shape index (κ2) is 9.97. The molecule has 1 heterocycles. The lowest BCUT2D eigenvalue weighted by Crippen LogP contribution is -2.63. The third kappa shape index (κ3) is 5.35. The van der Waals surface area contributed by atoms with E-state index in [4.69, 9.17) is 6.57 Å². The monoisotopic (exact) mass is 430 g/mol. The van der Waals surface area contributed by atoms with Crippen LogP contribution >= 0.6 is 0 Å². The first kappa shape index (κ1) is 22.0. The average Bonchev–Trinajstić information content (AvgIpc) is 2.80. The van der Waals surface area contributed by atoms with Gasteiger partial charge in [0.2, 0.25) is 5.91 Å². The van der Waals surface area contributed by atoms with Gasteiger partial charge in [-0.25, -0.2) is 4.85 Å². The van der Waals surface area contributed by atoms with Crippen molar-refractivity contribution in [2.45, 2.75) is 50.6 Å². The van der Waals surface area contributed by atoms with E-state index in [-0.39, 0.29) is 24.4 Å². The minimum absolute atomic E-state index is 0.000667. The van der Waals surface area contributed by atoms with Crippen molar-refractivity contribution < 1.29 is 9.59 Å². The number of hydrogen-bond acceptors (Lipinski definition) is 3. The van der Waals surface area contributed by atoms with E-state index in [0.29, 0.717) is 23.2 Å². The maximum absolute atomic E-state index is 12.2. The Labute approximate surface area is 189 Å². The minimum Gasteiger partial charge on any atom is -0.349 e. The Morgan fingerprint density at radius 2 is 1.78 bits per heavy atom. The molecular formula is C26H30N4O2. The van der Waals surface area contributed by atoms with Gasteiger partial charge in [-0.15, -0.1) is 0 Å². The Morgan fingerprint density at radius 3 is 2.44 bits per heavy atom. The molecule has 0 bridgehead atoms. The second-order valence-electron chi connectivity index (χ2n) is 8.98. The number of likely N-dealkylation sites (tertiary alicyclic amines) is 1. The molecule has 1 aliphatic heterocycles. The Balaban J connectivity index is 1.14. The lowest BCUT2D eigenvalue weighted by atomic mass is 9.80. The maximum Gasteiger partial charge on any atom is 0.251 e. The van der Waals surface area contributed by atoms with Crippen LogP contribution in [0.25, 0.3) is 4.85 Å². The molecule has 4 rings (SSSR count). The molecular weight excluding hydrogens is 400 g/mol. The van der Waals surface area contributed by atoms with Crippen molar-refractivity contribution in [3.8, 4) is 0 Å². The molecule has 0 spiro atoms. The lowest BCUT2D eigenvalue weighted by molar-refractivity contribution is -0.122. The van der Waals surface area contributed by atoms with Gasteiger partial charge in [0.25, 0.3) is 5.91 Å². The van der Waals surface area contributed by atoms with E-state index < -0.39 is 0 Å². The molecule has 2 N–H and O–H groups in total. The predicted molar refractivity (Wildman–Crippen MR) is 125 cm³/mol. The van der Waals surface area contributed by atoms with Gasteiger partial charge >= 0.3 is 0 Å². The third-order valence-electron chi connectivity index (χ3n) is 6.67. The largest absolute Gasteiger partial charge is 0.349 e. The Kier molecular flexibility index (Phi) is 6.87. The van der Waals surface area contributed by atoms with Gasteiger partial charge in [-0.3, -0.25) is 14.5 Å². The van der Waals surface area contributed by atoms with Gasteiger partial charge in [0.15, 0.2) is 5.69 Å². The zero-order valence-corrected chi connectivity index (χ0v) is 18.5. The number of nitrogens with one attached hydrogen (secondary N) is 2. The summed E-state index contributed by atoms with van der Waals surface area (Å²) in [6, 6.07) is 16.1. The molecule has 0 unspecified atom stereocenters. The summed E-state index contributed by atoms with van der Waals surface area (Å²) in [5.74, 6) is 0.224. The third-order valence-corrected chi connectivity index (χ3v) is 6.67. The Morgan fingerprint density at radius 1 is 1.06 bits per heavy atom. The summed E-state index contributed by atoms with van der Waals surface area (Å²) in [6.45, 7) is 10.8. The summed E-state index contributed by atoms with van der Waals surface area (Å²) in [7, 11) is 0. The van der Waals surface area contributed by atoms with Gasteiger partial charge in [-0.1, -0.05) is 42.0 Å². The van der Waals surface area contributed by atoms with Crippen LogP contribution in [-0.4, -0.2) is 48.4 Å². The SMILES string of the molecule is [C-]#[N+]c1ccc([C@H]2CC[C@@H](N3CC(NC(=O)CNC(=O)c4cccc(C)c4)C3)CC2)cc1. The number of nitrogens with zero attached hydrogens (tertiary/aromatic N) is 2. The molecule has 166 valence electrons. The van der Waals surface area contributed by atoms with Crippen molar-refractivity contribution in [3.05, 3.63) is 76.6 Å². The van der Waals surface area contributed by atoms with Crippen molar-refractivity contribution in [2.75, 3.05) is 19.6 Å². The number of rotatable bonds is 6. The van der Waals surface area contributed by atoms with E-state index in [0.717, 1.165) is 18.7 Å². The van der Waals surface area contributed by atoms with Crippen LogP contribution in [0.3, 0.4) is 0 Å². The van der Waals surface area contributed by atoms with E-state index in [1.807, 2.05) is 37.3 Å². The Bertz CT molecular complexity index is 997. The van der Waals surface area contributed by atoms with Crippen LogP contribution in [0.15, 0.2) is 48.5 Å². The standard InChI is InChI=1S/C26H30N4O2/c1-18-4-3-5-21(14-18)26(32)28-15-25(31)29-23-16-30(17-23)24-12-8-20(9-13-24)19-6-10-22(27-2)11-7-19/h3-7,10-11,14,20,23-24H,8-9,12-13,15-17H2,1H3,(H,28,32)(H,29,31)/t20-,24+. The van der Waals surface area contributed by atoms with E-state index in [9.17, 15) is 9.59 Å². The highest BCUT2D eigenvalue weighted by Crippen LogP contribution is 2.36. The first-order valence-corrected chi connectivity index (χ1v) is 11.4. The van der Waals surface area contributed by atoms with Crippen LogP contribution in [0.2, 0.25) is 0 Å². The van der Waals surface area contributed by atoms with Crippen molar-refractivity contribution in [2.24, 2.45) is 0 Å². The first-order chi connectivity index (χ1) is 15.5. The van der Waals surface area contributed by atoms with Crippen molar-refractivity contribution in [3.63, 3.8) is 0 Å². The van der Waals surface area contributed by atoms with Gasteiger partial charge in [-0.2, -0.15) is 0 Å². The van der Waals surface area contributed by atoms with Crippen LogP contribution in [-0.2, 0) is 4.79 Å². The van der Waals surface area contributed by atoms with Crippen LogP contribution < -0.4 is 10.6 Å². The van der Waals surface area contributed by atoms with Crippen LogP contribution in [0, 0.1) is 13.5 Å². The topological polar surface area (TPSA) is 65.8 Å². The van der Waals surface area contributed by atoms with Crippen LogP contribution in [0.4, 0.5) is 5.69 Å². The summed E-state index contributed by atoms with van der Waals surface area (Å²) in [4.78, 5) is 30.3. The van der Waals surface area contributed by atoms with Gasteiger partial charge in [-0.05, 0) is 56.2 Å². The lowest BCUT2D eigenvalue weighted by Gasteiger charge is -2.46. The van der Waals surface area contributed by atoms with E-state index in [2.05, 4.69) is 32.5 Å². The molecule has 1 aliphatic carbocycles. The second-order valence-corrected chi connectivity index (χ2v) is 8.98.